The van der Waals surface area contributed by atoms with Gasteiger partial charge in [0.15, 0.2) is 6.17 Å². The lowest BCUT2D eigenvalue weighted by Crippen LogP contribution is -2.30. The molecule has 1 aliphatic rings. The van der Waals surface area contributed by atoms with Gasteiger partial charge >= 0.3 is 5.97 Å². The molecule has 1 atom stereocenters. The van der Waals surface area contributed by atoms with Crippen molar-refractivity contribution in [3.63, 3.8) is 0 Å². The van der Waals surface area contributed by atoms with E-state index in [9.17, 15) is 9.18 Å². The summed E-state index contributed by atoms with van der Waals surface area (Å²) >= 11 is 6.57. The van der Waals surface area contributed by atoms with Gasteiger partial charge < -0.3 is 9.47 Å². The van der Waals surface area contributed by atoms with Crippen LogP contribution in [0.5, 0.6) is 5.75 Å². The normalized spacial score (nSPS) is 17.9. The van der Waals surface area contributed by atoms with Crippen LogP contribution in [0.25, 0.3) is 11.3 Å². The van der Waals surface area contributed by atoms with Crippen LogP contribution in [0.4, 0.5) is 4.39 Å². The Balaban J connectivity index is 1.37. The predicted octanol–water partition coefficient (Wildman–Crippen LogP) is 10.1. The molecule has 1 aromatic carbocycles. The Bertz CT molecular complexity index is 991. The maximum atomic E-state index is 13.9. The van der Waals surface area contributed by atoms with Gasteiger partial charge in [-0.25, -0.2) is 9.18 Å². The summed E-state index contributed by atoms with van der Waals surface area (Å²) in [6.07, 6.45) is 17.1. The van der Waals surface area contributed by atoms with Crippen molar-refractivity contribution in [2.24, 2.45) is 5.92 Å². The lowest BCUT2D eigenvalue weighted by Gasteiger charge is -2.28. The SMILES string of the molecule is CCCCCCCCCCc1ccc(-c2ccc(OCC3CCC(OC(=O)[C@@H](F)CCCC)CC3)c(Cl)c2)nc1. The van der Waals surface area contributed by atoms with Crippen LogP contribution in [-0.2, 0) is 16.0 Å². The van der Waals surface area contributed by atoms with Gasteiger partial charge in [0.05, 0.1) is 17.3 Å². The largest absolute Gasteiger partial charge is 0.492 e. The van der Waals surface area contributed by atoms with Crippen LogP contribution in [0.1, 0.15) is 116 Å². The fourth-order valence-corrected chi connectivity index (χ4v) is 5.58. The number of rotatable bonds is 18. The number of nitrogens with zero attached hydrogens (tertiary/aromatic N) is 1. The number of ether oxygens (including phenoxy) is 2. The molecule has 0 spiro atoms. The molecule has 0 radical (unpaired) electrons. The van der Waals surface area contributed by atoms with Gasteiger partial charge in [-0.05, 0) is 80.7 Å². The van der Waals surface area contributed by atoms with E-state index in [0.29, 0.717) is 29.7 Å². The average molecular weight is 574 g/mol. The Morgan fingerprint density at radius 2 is 1.65 bits per heavy atom. The lowest BCUT2D eigenvalue weighted by molar-refractivity contribution is -0.157. The second-order valence-corrected chi connectivity index (χ2v) is 11.8. The highest BCUT2D eigenvalue weighted by atomic mass is 35.5. The average Bonchev–Trinajstić information content (AvgIpc) is 2.97. The minimum absolute atomic E-state index is 0.189. The molecule has 0 N–H and O–H groups in total. The summed E-state index contributed by atoms with van der Waals surface area (Å²) in [4.78, 5) is 16.6. The molecule has 0 unspecified atom stereocenters. The molecule has 0 bridgehead atoms. The molecule has 2 aromatic rings. The van der Waals surface area contributed by atoms with E-state index >= 15 is 0 Å². The van der Waals surface area contributed by atoms with Crippen LogP contribution in [0, 0.1) is 5.92 Å². The zero-order valence-corrected chi connectivity index (χ0v) is 25.4. The molecule has 1 aliphatic carbocycles. The fourth-order valence-electron chi connectivity index (χ4n) is 5.35. The van der Waals surface area contributed by atoms with E-state index in [4.69, 9.17) is 21.1 Å². The van der Waals surface area contributed by atoms with Crippen molar-refractivity contribution in [3.05, 3.63) is 47.1 Å². The second-order valence-electron chi connectivity index (χ2n) is 11.4. The van der Waals surface area contributed by atoms with E-state index in [1.165, 1.54) is 56.9 Å². The van der Waals surface area contributed by atoms with Gasteiger partial charge in [0.2, 0.25) is 0 Å². The number of benzene rings is 1. The molecule has 0 amide bonds. The van der Waals surface area contributed by atoms with Gasteiger partial charge in [-0.1, -0.05) is 89.3 Å². The molecule has 3 rings (SSSR count). The topological polar surface area (TPSA) is 48.4 Å². The monoisotopic (exact) mass is 573 g/mol. The first-order chi connectivity index (χ1) is 19.5. The summed E-state index contributed by atoms with van der Waals surface area (Å²) in [5.74, 6) is 0.330. The number of hydrogen-bond donors (Lipinski definition) is 0. The Morgan fingerprint density at radius 3 is 2.30 bits per heavy atom. The van der Waals surface area contributed by atoms with Crippen LogP contribution in [0.3, 0.4) is 0 Å². The highest BCUT2D eigenvalue weighted by molar-refractivity contribution is 6.32. The third kappa shape index (κ3) is 11.4. The Labute approximate surface area is 246 Å². The molecule has 6 heteroatoms. The van der Waals surface area contributed by atoms with Crippen molar-refractivity contribution in [1.29, 1.82) is 0 Å². The zero-order valence-electron chi connectivity index (χ0n) is 24.6. The quantitative estimate of drug-likeness (QED) is 0.131. The van der Waals surface area contributed by atoms with Gasteiger partial charge in [-0.15, -0.1) is 0 Å². The minimum Gasteiger partial charge on any atom is -0.492 e. The van der Waals surface area contributed by atoms with Crippen molar-refractivity contribution in [2.45, 2.75) is 129 Å². The number of carbonyl (C=O) groups excluding carboxylic acids is 1. The number of unbranched alkanes of at least 4 members (excludes halogenated alkanes) is 8. The van der Waals surface area contributed by atoms with Crippen LogP contribution >= 0.6 is 11.6 Å². The highest BCUT2D eigenvalue weighted by Crippen LogP contribution is 2.32. The number of hydrogen-bond acceptors (Lipinski definition) is 4. The van der Waals surface area contributed by atoms with E-state index in [2.05, 4.69) is 24.0 Å². The summed E-state index contributed by atoms with van der Waals surface area (Å²) in [5.41, 5.74) is 3.17. The fraction of sp³-hybridized carbons (Fsp3) is 0.647. The lowest BCUT2D eigenvalue weighted by atomic mass is 9.88. The third-order valence-electron chi connectivity index (χ3n) is 7.99. The maximum Gasteiger partial charge on any atom is 0.340 e. The molecular weight excluding hydrogens is 525 g/mol. The zero-order chi connectivity index (χ0) is 28.6. The van der Waals surface area contributed by atoms with Gasteiger partial charge in [0, 0.05) is 11.8 Å². The Morgan fingerprint density at radius 1 is 0.950 bits per heavy atom. The van der Waals surface area contributed by atoms with Crippen LogP contribution in [-0.4, -0.2) is 29.8 Å². The Kier molecular flexibility index (Phi) is 14.8. The molecule has 0 aliphatic heterocycles. The van der Waals surface area contributed by atoms with Crippen molar-refractivity contribution in [1.82, 2.24) is 4.98 Å². The number of aromatic nitrogens is 1. The van der Waals surface area contributed by atoms with E-state index < -0.39 is 12.1 Å². The molecule has 1 heterocycles. The van der Waals surface area contributed by atoms with Crippen molar-refractivity contribution in [3.8, 4) is 17.0 Å². The number of alkyl halides is 1. The minimum atomic E-state index is -1.50. The molecule has 1 saturated carbocycles. The molecule has 1 aromatic heterocycles. The first kappa shape index (κ1) is 32.4. The summed E-state index contributed by atoms with van der Waals surface area (Å²) in [6.45, 7) is 4.81. The van der Waals surface area contributed by atoms with Crippen LogP contribution < -0.4 is 4.74 Å². The van der Waals surface area contributed by atoms with Crippen LogP contribution in [0.2, 0.25) is 5.02 Å². The van der Waals surface area contributed by atoms with Crippen molar-refractivity contribution < 1.29 is 18.7 Å². The summed E-state index contributed by atoms with van der Waals surface area (Å²) in [6, 6.07) is 10.1. The second kappa shape index (κ2) is 18.3. The Hall–Kier alpha value is -2.14. The summed E-state index contributed by atoms with van der Waals surface area (Å²) in [7, 11) is 0. The summed E-state index contributed by atoms with van der Waals surface area (Å²) < 4.78 is 25.4. The first-order valence-electron chi connectivity index (χ1n) is 15.7. The molecule has 4 nitrogen and oxygen atoms in total. The van der Waals surface area contributed by atoms with E-state index in [-0.39, 0.29) is 12.5 Å². The summed E-state index contributed by atoms with van der Waals surface area (Å²) in [5, 5.41) is 0.575. The van der Waals surface area contributed by atoms with Gasteiger partial charge in [-0.3, -0.25) is 4.98 Å². The number of esters is 1. The predicted molar refractivity (Wildman–Crippen MR) is 163 cm³/mol. The number of aryl methyl sites for hydroxylation is 1. The van der Waals surface area contributed by atoms with E-state index in [1.807, 2.05) is 31.3 Å². The van der Waals surface area contributed by atoms with Crippen molar-refractivity contribution >= 4 is 17.6 Å². The van der Waals surface area contributed by atoms with Gasteiger partial charge in [0.1, 0.15) is 11.9 Å². The van der Waals surface area contributed by atoms with E-state index in [1.54, 1.807) is 0 Å². The standard InChI is InChI=1S/C34H49ClFNO3/c1-3-5-7-8-9-10-11-12-13-26-17-21-32(37-24-26)28-18-22-33(30(35)23-28)39-25-27-15-19-29(20-16-27)40-34(38)31(36)14-6-4-2/h17-18,21-24,27,29,31H,3-16,19-20,25H2,1-2H3/t27?,29?,31-/m0/s1. The van der Waals surface area contributed by atoms with Crippen LogP contribution in [0.15, 0.2) is 36.5 Å². The highest BCUT2D eigenvalue weighted by Gasteiger charge is 2.27. The molecule has 1 fully saturated rings. The van der Waals surface area contributed by atoms with Crippen molar-refractivity contribution in [2.75, 3.05) is 6.61 Å². The van der Waals surface area contributed by atoms with Gasteiger partial charge in [-0.2, -0.15) is 0 Å². The number of pyridine rings is 1. The molecular formula is C34H49ClFNO3. The molecule has 222 valence electrons. The van der Waals surface area contributed by atoms with Gasteiger partial charge in [0.25, 0.3) is 0 Å². The first-order valence-corrected chi connectivity index (χ1v) is 16.1. The third-order valence-corrected chi connectivity index (χ3v) is 8.28. The maximum absolute atomic E-state index is 13.9. The smallest absolute Gasteiger partial charge is 0.340 e. The number of carbonyl (C=O) groups is 1. The van der Waals surface area contributed by atoms with E-state index in [0.717, 1.165) is 49.8 Å². The number of halogens is 2. The molecule has 40 heavy (non-hydrogen) atoms. The molecule has 0 saturated heterocycles.